The minimum absolute atomic E-state index is 0.461. The molecule has 0 saturated carbocycles. The highest BCUT2D eigenvalue weighted by atomic mass is 15.3. The summed E-state index contributed by atoms with van der Waals surface area (Å²) in [4.78, 5) is 2.44. The van der Waals surface area contributed by atoms with Gasteiger partial charge in [0.25, 0.3) is 0 Å². The zero-order chi connectivity index (χ0) is 10.8. The smallest absolute Gasteiger partial charge is 0.0572 e. The van der Waals surface area contributed by atoms with Gasteiger partial charge in [-0.25, -0.2) is 0 Å². The molecule has 0 spiro atoms. The van der Waals surface area contributed by atoms with E-state index < -0.39 is 0 Å². The molecule has 15 heavy (non-hydrogen) atoms. The number of nitrogens with two attached hydrogens (primary N) is 1. The molecule has 1 aromatic heterocycles. The molecule has 1 aliphatic heterocycles. The first-order chi connectivity index (χ1) is 7.22. The monoisotopic (exact) mass is 208 g/mol. The van der Waals surface area contributed by atoms with Crippen molar-refractivity contribution in [2.45, 2.75) is 39.4 Å². The Morgan fingerprint density at radius 3 is 2.93 bits per heavy atom. The summed E-state index contributed by atoms with van der Waals surface area (Å²) >= 11 is 0. The second-order valence-electron chi connectivity index (χ2n) is 4.51. The Hall–Kier alpha value is -0.870. The van der Waals surface area contributed by atoms with Gasteiger partial charge in [0.1, 0.15) is 0 Å². The molecule has 4 nitrogen and oxygen atoms in total. The van der Waals surface area contributed by atoms with Gasteiger partial charge in [0.05, 0.1) is 11.9 Å². The fourth-order valence-corrected chi connectivity index (χ4v) is 2.16. The van der Waals surface area contributed by atoms with Crippen LogP contribution in [0.4, 0.5) is 0 Å². The number of aromatic nitrogens is 2. The van der Waals surface area contributed by atoms with Gasteiger partial charge in [0.15, 0.2) is 0 Å². The topological polar surface area (TPSA) is 47.1 Å². The summed E-state index contributed by atoms with van der Waals surface area (Å²) in [7, 11) is 0. The summed E-state index contributed by atoms with van der Waals surface area (Å²) < 4.78 is 2.14. The van der Waals surface area contributed by atoms with Crippen LogP contribution in [0.15, 0.2) is 6.20 Å². The minimum Gasteiger partial charge on any atom is -0.330 e. The minimum atomic E-state index is 0.461. The second-order valence-corrected chi connectivity index (χ2v) is 4.51. The van der Waals surface area contributed by atoms with Crippen LogP contribution in [0.5, 0.6) is 0 Å². The van der Waals surface area contributed by atoms with Crippen LogP contribution in [0, 0.1) is 0 Å². The molecule has 84 valence electrons. The predicted octanol–water partition coefficient (Wildman–Crippen LogP) is 1.13. The van der Waals surface area contributed by atoms with Gasteiger partial charge in [-0.05, 0) is 26.8 Å². The fourth-order valence-electron chi connectivity index (χ4n) is 2.16. The third kappa shape index (κ3) is 2.06. The first-order valence-corrected chi connectivity index (χ1v) is 5.70. The molecule has 0 bridgehead atoms. The molecule has 0 saturated heterocycles. The molecular weight excluding hydrogens is 188 g/mol. The van der Waals surface area contributed by atoms with E-state index in [1.165, 1.54) is 11.3 Å². The number of hydrogen-bond acceptors (Lipinski definition) is 3. The van der Waals surface area contributed by atoms with E-state index in [0.717, 1.165) is 32.6 Å². The zero-order valence-corrected chi connectivity index (χ0v) is 9.61. The van der Waals surface area contributed by atoms with E-state index in [9.17, 15) is 0 Å². The van der Waals surface area contributed by atoms with Crippen molar-refractivity contribution in [3.8, 4) is 0 Å². The van der Waals surface area contributed by atoms with Gasteiger partial charge < -0.3 is 5.73 Å². The summed E-state index contributed by atoms with van der Waals surface area (Å²) in [5, 5.41) is 4.42. The van der Waals surface area contributed by atoms with Crippen molar-refractivity contribution in [3.05, 3.63) is 17.5 Å². The lowest BCUT2D eigenvalue weighted by atomic mass is 10.3. The standard InChI is InChI=1S/C11H20N4/c1-9(2)15-11-8-14(5-3-4-12)7-10(11)6-13-15/h6,9H,3-5,7-8,12H2,1-2H3. The maximum atomic E-state index is 5.52. The third-order valence-electron chi connectivity index (χ3n) is 2.92. The van der Waals surface area contributed by atoms with Crippen molar-refractivity contribution >= 4 is 0 Å². The molecule has 0 fully saturated rings. The van der Waals surface area contributed by atoms with E-state index in [4.69, 9.17) is 5.73 Å². The third-order valence-corrected chi connectivity index (χ3v) is 2.92. The van der Waals surface area contributed by atoms with Crippen molar-refractivity contribution in [3.63, 3.8) is 0 Å². The molecule has 1 aliphatic rings. The van der Waals surface area contributed by atoms with Crippen LogP contribution in [-0.2, 0) is 13.1 Å². The molecule has 4 heteroatoms. The molecule has 2 rings (SSSR count). The summed E-state index contributed by atoms with van der Waals surface area (Å²) in [5.74, 6) is 0. The summed E-state index contributed by atoms with van der Waals surface area (Å²) in [6, 6.07) is 0.461. The number of hydrogen-bond donors (Lipinski definition) is 1. The van der Waals surface area contributed by atoms with Gasteiger partial charge in [-0.15, -0.1) is 0 Å². The van der Waals surface area contributed by atoms with Crippen LogP contribution >= 0.6 is 0 Å². The van der Waals surface area contributed by atoms with Crippen molar-refractivity contribution in [1.82, 2.24) is 14.7 Å². The summed E-state index contributed by atoms with van der Waals surface area (Å²) in [6.07, 6.45) is 3.09. The second kappa shape index (κ2) is 4.33. The maximum Gasteiger partial charge on any atom is 0.0572 e. The molecule has 2 N–H and O–H groups in total. The first-order valence-electron chi connectivity index (χ1n) is 5.70. The molecule has 1 aromatic rings. The van der Waals surface area contributed by atoms with Crippen molar-refractivity contribution in [2.24, 2.45) is 5.73 Å². The predicted molar refractivity (Wildman–Crippen MR) is 60.4 cm³/mol. The highest BCUT2D eigenvalue weighted by molar-refractivity contribution is 5.22. The summed E-state index contributed by atoms with van der Waals surface area (Å²) in [5.41, 5.74) is 8.30. The van der Waals surface area contributed by atoms with E-state index in [2.05, 4.69) is 28.5 Å². The summed E-state index contributed by atoms with van der Waals surface area (Å²) in [6.45, 7) is 8.31. The Balaban J connectivity index is 2.04. The lowest BCUT2D eigenvalue weighted by molar-refractivity contribution is 0.273. The lowest BCUT2D eigenvalue weighted by Gasteiger charge is -2.15. The van der Waals surface area contributed by atoms with Gasteiger partial charge in [0, 0.05) is 31.2 Å². The Morgan fingerprint density at radius 1 is 1.47 bits per heavy atom. The van der Waals surface area contributed by atoms with Crippen LogP contribution in [-0.4, -0.2) is 27.8 Å². The quantitative estimate of drug-likeness (QED) is 0.807. The van der Waals surface area contributed by atoms with Crippen LogP contribution < -0.4 is 5.73 Å². The molecule has 0 aliphatic carbocycles. The molecule has 2 heterocycles. The van der Waals surface area contributed by atoms with E-state index in [1.807, 2.05) is 6.20 Å². The van der Waals surface area contributed by atoms with E-state index in [1.54, 1.807) is 0 Å². The van der Waals surface area contributed by atoms with Gasteiger partial charge in [-0.2, -0.15) is 5.10 Å². The largest absolute Gasteiger partial charge is 0.330 e. The molecule has 0 unspecified atom stereocenters. The van der Waals surface area contributed by atoms with Crippen molar-refractivity contribution < 1.29 is 0 Å². The van der Waals surface area contributed by atoms with Gasteiger partial charge in [-0.1, -0.05) is 0 Å². The van der Waals surface area contributed by atoms with E-state index >= 15 is 0 Å². The number of nitrogens with zero attached hydrogens (tertiary/aromatic N) is 3. The Morgan fingerprint density at radius 2 is 2.27 bits per heavy atom. The van der Waals surface area contributed by atoms with Gasteiger partial charge >= 0.3 is 0 Å². The van der Waals surface area contributed by atoms with Crippen LogP contribution in [0.25, 0.3) is 0 Å². The van der Waals surface area contributed by atoms with Gasteiger partial charge in [-0.3, -0.25) is 9.58 Å². The first kappa shape index (κ1) is 10.6. The Kier molecular flexibility index (Phi) is 3.07. The van der Waals surface area contributed by atoms with Gasteiger partial charge in [0.2, 0.25) is 0 Å². The van der Waals surface area contributed by atoms with E-state index in [-0.39, 0.29) is 0 Å². The fraction of sp³-hybridized carbons (Fsp3) is 0.727. The highest BCUT2D eigenvalue weighted by Gasteiger charge is 2.23. The van der Waals surface area contributed by atoms with Crippen LogP contribution in [0.1, 0.15) is 37.6 Å². The molecule has 0 amide bonds. The highest BCUT2D eigenvalue weighted by Crippen LogP contribution is 2.24. The SMILES string of the molecule is CC(C)n1ncc2c1CN(CCCN)C2. The van der Waals surface area contributed by atoms with Crippen molar-refractivity contribution in [1.29, 1.82) is 0 Å². The van der Waals surface area contributed by atoms with E-state index in [0.29, 0.717) is 6.04 Å². The average Bonchev–Trinajstić information content (AvgIpc) is 2.72. The Bertz CT molecular complexity index is 329. The zero-order valence-electron chi connectivity index (χ0n) is 9.61. The lowest BCUT2D eigenvalue weighted by Crippen LogP contribution is -2.21. The Labute approximate surface area is 91.1 Å². The number of rotatable bonds is 4. The molecule has 0 aromatic carbocycles. The normalized spacial score (nSPS) is 16.3. The molecule has 0 radical (unpaired) electrons. The average molecular weight is 208 g/mol. The molecule has 0 atom stereocenters. The molecular formula is C11H20N4. The van der Waals surface area contributed by atoms with Crippen LogP contribution in [0.3, 0.4) is 0 Å². The van der Waals surface area contributed by atoms with Crippen molar-refractivity contribution in [2.75, 3.05) is 13.1 Å². The van der Waals surface area contributed by atoms with Crippen LogP contribution in [0.2, 0.25) is 0 Å². The maximum absolute atomic E-state index is 5.52. The number of fused-ring (bicyclic) bond motifs is 1.